The third-order valence-electron chi connectivity index (χ3n) is 5.43. The number of hydrogen-bond donors (Lipinski definition) is 1. The Hall–Kier alpha value is -2.24. The van der Waals surface area contributed by atoms with Gasteiger partial charge in [-0.25, -0.2) is 0 Å². The van der Waals surface area contributed by atoms with Gasteiger partial charge in [0.2, 0.25) is 0 Å². The van der Waals surface area contributed by atoms with E-state index in [0.717, 1.165) is 12.0 Å². The molecule has 4 rings (SSSR count). The fraction of sp³-hybridized carbons (Fsp3) is 0.360. The zero-order valence-corrected chi connectivity index (χ0v) is 16.5. The highest BCUT2D eigenvalue weighted by Gasteiger charge is 2.32. The summed E-state index contributed by atoms with van der Waals surface area (Å²) in [6.07, 6.45) is 6.07. The summed E-state index contributed by atoms with van der Waals surface area (Å²) in [7, 11) is 0. The minimum atomic E-state index is -0.691. The van der Waals surface area contributed by atoms with Crippen molar-refractivity contribution < 1.29 is 19.3 Å². The summed E-state index contributed by atoms with van der Waals surface area (Å²) < 4.78 is 18.0. The van der Waals surface area contributed by atoms with Gasteiger partial charge in [0.25, 0.3) is 0 Å². The molecular formula is C25H28O4. The van der Waals surface area contributed by atoms with Gasteiger partial charge in [0.05, 0.1) is 26.4 Å². The summed E-state index contributed by atoms with van der Waals surface area (Å²) in [4.78, 5) is 0. The maximum absolute atomic E-state index is 10.7. The molecular weight excluding hydrogens is 364 g/mol. The Morgan fingerprint density at radius 2 is 1.76 bits per heavy atom. The normalized spacial score (nSPS) is 25.4. The molecule has 0 bridgehead atoms. The molecule has 0 radical (unpaired) electrons. The predicted molar refractivity (Wildman–Crippen MR) is 112 cm³/mol. The van der Waals surface area contributed by atoms with Crippen LogP contribution in [0, 0.1) is 5.92 Å². The first-order valence-electron chi connectivity index (χ1n) is 10.2. The lowest BCUT2D eigenvalue weighted by molar-refractivity contribution is -0.162. The molecule has 0 aromatic heterocycles. The molecule has 4 unspecified atom stereocenters. The van der Waals surface area contributed by atoms with Crippen molar-refractivity contribution >= 4 is 0 Å². The number of rotatable bonds is 7. The van der Waals surface area contributed by atoms with Crippen LogP contribution in [0.2, 0.25) is 0 Å². The van der Waals surface area contributed by atoms with E-state index in [1.807, 2.05) is 48.5 Å². The molecule has 1 fully saturated rings. The SMILES string of the molecule is OC(c1ccccc1)C1COCC(C2=CC=CC(COCc3ccccc3)C2)O1. The van der Waals surface area contributed by atoms with Crippen LogP contribution in [0.1, 0.15) is 23.7 Å². The summed E-state index contributed by atoms with van der Waals surface area (Å²) in [5.74, 6) is 0.321. The molecule has 152 valence electrons. The number of ether oxygens (including phenoxy) is 3. The van der Waals surface area contributed by atoms with Gasteiger partial charge in [0.15, 0.2) is 0 Å². The minimum Gasteiger partial charge on any atom is -0.386 e. The molecule has 0 spiro atoms. The van der Waals surface area contributed by atoms with Gasteiger partial charge in [0.1, 0.15) is 18.3 Å². The van der Waals surface area contributed by atoms with Gasteiger partial charge < -0.3 is 19.3 Å². The Balaban J connectivity index is 1.30. The van der Waals surface area contributed by atoms with E-state index in [0.29, 0.717) is 32.3 Å². The molecule has 4 heteroatoms. The Kier molecular flexibility index (Phi) is 6.91. The van der Waals surface area contributed by atoms with Crippen molar-refractivity contribution in [2.45, 2.75) is 31.3 Å². The largest absolute Gasteiger partial charge is 0.386 e. The van der Waals surface area contributed by atoms with E-state index in [4.69, 9.17) is 14.2 Å². The first-order valence-corrected chi connectivity index (χ1v) is 10.2. The van der Waals surface area contributed by atoms with E-state index in [2.05, 4.69) is 30.4 Å². The average molecular weight is 392 g/mol. The van der Waals surface area contributed by atoms with Crippen LogP contribution in [0.4, 0.5) is 0 Å². The Morgan fingerprint density at radius 3 is 2.55 bits per heavy atom. The zero-order valence-electron chi connectivity index (χ0n) is 16.5. The van der Waals surface area contributed by atoms with Crippen molar-refractivity contribution in [3.05, 3.63) is 95.6 Å². The number of benzene rings is 2. The molecule has 1 aliphatic carbocycles. The highest BCUT2D eigenvalue weighted by molar-refractivity contribution is 5.24. The first kappa shape index (κ1) is 20.0. The Morgan fingerprint density at radius 1 is 1.00 bits per heavy atom. The number of aliphatic hydroxyl groups excluding tert-OH is 1. The average Bonchev–Trinajstić information content (AvgIpc) is 2.80. The van der Waals surface area contributed by atoms with Crippen LogP contribution in [0.25, 0.3) is 0 Å². The quantitative estimate of drug-likeness (QED) is 0.766. The molecule has 1 aliphatic heterocycles. The molecule has 0 amide bonds. The predicted octanol–water partition coefficient (Wildman–Crippen LogP) is 4.22. The molecule has 1 saturated heterocycles. The van der Waals surface area contributed by atoms with Gasteiger partial charge in [-0.1, -0.05) is 78.9 Å². The van der Waals surface area contributed by atoms with Crippen LogP contribution in [-0.4, -0.2) is 37.1 Å². The van der Waals surface area contributed by atoms with Crippen molar-refractivity contribution in [3.63, 3.8) is 0 Å². The third-order valence-corrected chi connectivity index (χ3v) is 5.43. The monoisotopic (exact) mass is 392 g/mol. The molecule has 29 heavy (non-hydrogen) atoms. The van der Waals surface area contributed by atoms with Crippen LogP contribution in [0.3, 0.4) is 0 Å². The van der Waals surface area contributed by atoms with Crippen molar-refractivity contribution in [1.29, 1.82) is 0 Å². The second-order valence-corrected chi connectivity index (χ2v) is 7.65. The highest BCUT2D eigenvalue weighted by Crippen LogP contribution is 2.30. The van der Waals surface area contributed by atoms with E-state index >= 15 is 0 Å². The van der Waals surface area contributed by atoms with Crippen LogP contribution in [-0.2, 0) is 20.8 Å². The van der Waals surface area contributed by atoms with Crippen LogP contribution < -0.4 is 0 Å². The summed E-state index contributed by atoms with van der Waals surface area (Å²) in [5, 5.41) is 10.7. The lowest BCUT2D eigenvalue weighted by atomic mass is 9.91. The lowest BCUT2D eigenvalue weighted by Crippen LogP contribution is -2.41. The number of aliphatic hydroxyl groups is 1. The molecule has 4 nitrogen and oxygen atoms in total. The highest BCUT2D eigenvalue weighted by atomic mass is 16.6. The summed E-state index contributed by atoms with van der Waals surface area (Å²) in [5.41, 5.74) is 3.24. The van der Waals surface area contributed by atoms with Gasteiger partial charge in [-0.3, -0.25) is 0 Å². The van der Waals surface area contributed by atoms with E-state index < -0.39 is 6.10 Å². The van der Waals surface area contributed by atoms with Crippen LogP contribution >= 0.6 is 0 Å². The zero-order chi connectivity index (χ0) is 19.9. The van der Waals surface area contributed by atoms with E-state index in [9.17, 15) is 5.11 Å². The Bertz CT molecular complexity index is 815. The van der Waals surface area contributed by atoms with Crippen molar-refractivity contribution in [3.8, 4) is 0 Å². The Labute approximate surface area is 172 Å². The van der Waals surface area contributed by atoms with Gasteiger partial charge in [0, 0.05) is 5.92 Å². The molecule has 1 heterocycles. The molecule has 1 N–H and O–H groups in total. The first-order chi connectivity index (χ1) is 14.3. The van der Waals surface area contributed by atoms with Crippen LogP contribution in [0.5, 0.6) is 0 Å². The van der Waals surface area contributed by atoms with Gasteiger partial charge in [-0.05, 0) is 23.1 Å². The van der Waals surface area contributed by atoms with E-state index in [-0.39, 0.29) is 12.2 Å². The summed E-state index contributed by atoms with van der Waals surface area (Å²) in [6, 6.07) is 19.8. The fourth-order valence-electron chi connectivity index (χ4n) is 3.84. The lowest BCUT2D eigenvalue weighted by Gasteiger charge is -2.35. The minimum absolute atomic E-state index is 0.131. The topological polar surface area (TPSA) is 47.9 Å². The summed E-state index contributed by atoms with van der Waals surface area (Å²) in [6.45, 7) is 2.22. The second-order valence-electron chi connectivity index (χ2n) is 7.65. The standard InChI is InChI=1S/C25H28O4/c26-25(21-11-5-2-6-12-21)24-18-28-17-23(29-24)22-13-7-10-20(14-22)16-27-15-19-8-3-1-4-9-19/h1-13,20,23-26H,14-18H2. The number of hydrogen-bond acceptors (Lipinski definition) is 4. The molecule has 2 aromatic rings. The molecule has 4 atom stereocenters. The van der Waals surface area contributed by atoms with E-state index in [1.54, 1.807) is 0 Å². The van der Waals surface area contributed by atoms with Gasteiger partial charge in [-0.2, -0.15) is 0 Å². The smallest absolute Gasteiger partial charge is 0.112 e. The second kappa shape index (κ2) is 9.99. The molecule has 2 aromatic carbocycles. The maximum atomic E-state index is 10.7. The maximum Gasteiger partial charge on any atom is 0.112 e. The van der Waals surface area contributed by atoms with E-state index in [1.165, 1.54) is 11.1 Å². The summed E-state index contributed by atoms with van der Waals surface area (Å²) >= 11 is 0. The van der Waals surface area contributed by atoms with Crippen LogP contribution in [0.15, 0.2) is 84.5 Å². The van der Waals surface area contributed by atoms with Crippen molar-refractivity contribution in [2.75, 3.05) is 19.8 Å². The van der Waals surface area contributed by atoms with Crippen molar-refractivity contribution in [2.24, 2.45) is 5.92 Å². The van der Waals surface area contributed by atoms with Crippen molar-refractivity contribution in [1.82, 2.24) is 0 Å². The molecule has 0 saturated carbocycles. The molecule has 2 aliphatic rings. The van der Waals surface area contributed by atoms with Gasteiger partial charge >= 0.3 is 0 Å². The third kappa shape index (κ3) is 5.43. The van der Waals surface area contributed by atoms with Gasteiger partial charge in [-0.15, -0.1) is 0 Å². The number of allylic oxidation sites excluding steroid dienone is 2. The fourth-order valence-corrected chi connectivity index (χ4v) is 3.84.